The Labute approximate surface area is 154 Å². The Kier molecular flexibility index (Phi) is 5.56. The van der Waals surface area contributed by atoms with Crippen LogP contribution in [0.25, 0.3) is 0 Å². The number of amides is 2. The monoisotopic (exact) mass is 351 g/mol. The molecule has 1 fully saturated rings. The second-order valence-electron chi connectivity index (χ2n) is 6.73. The first-order valence-electron chi connectivity index (χ1n) is 9.07. The van der Waals surface area contributed by atoms with Gasteiger partial charge in [0, 0.05) is 30.8 Å². The molecular formula is C21H25N3O2. The normalized spacial score (nSPS) is 15.1. The fraction of sp³-hybridized carbons (Fsp3) is 0.333. The molecule has 0 spiro atoms. The highest BCUT2D eigenvalue weighted by Crippen LogP contribution is 2.23. The molecule has 0 radical (unpaired) electrons. The van der Waals surface area contributed by atoms with E-state index in [4.69, 9.17) is 5.73 Å². The van der Waals surface area contributed by atoms with E-state index in [-0.39, 0.29) is 17.9 Å². The van der Waals surface area contributed by atoms with Gasteiger partial charge >= 0.3 is 0 Å². The third-order valence-electron chi connectivity index (χ3n) is 4.83. The quantitative estimate of drug-likeness (QED) is 0.785. The minimum atomic E-state index is -0.0843. The molecular weight excluding hydrogens is 326 g/mol. The smallest absolute Gasteiger partial charge is 0.227 e. The van der Waals surface area contributed by atoms with E-state index < -0.39 is 0 Å². The Hall–Kier alpha value is -2.82. The van der Waals surface area contributed by atoms with E-state index >= 15 is 0 Å². The number of hydrogen-bond acceptors (Lipinski definition) is 3. The van der Waals surface area contributed by atoms with Crippen molar-refractivity contribution in [1.82, 2.24) is 5.32 Å². The summed E-state index contributed by atoms with van der Waals surface area (Å²) in [5.41, 5.74) is 9.58. The second kappa shape index (κ2) is 8.04. The Morgan fingerprint density at radius 3 is 2.58 bits per heavy atom. The number of carbonyl (C=O) groups is 2. The Bertz CT molecular complexity index is 786. The summed E-state index contributed by atoms with van der Waals surface area (Å²) in [7, 11) is 0. The van der Waals surface area contributed by atoms with Crippen molar-refractivity contribution in [1.29, 1.82) is 0 Å². The zero-order valence-corrected chi connectivity index (χ0v) is 15.1. The van der Waals surface area contributed by atoms with Gasteiger partial charge in [0.15, 0.2) is 0 Å². The number of anilines is 2. The van der Waals surface area contributed by atoms with Crippen molar-refractivity contribution in [2.75, 3.05) is 17.2 Å². The lowest BCUT2D eigenvalue weighted by molar-refractivity contribution is -0.121. The molecule has 2 aromatic rings. The molecule has 1 heterocycles. The van der Waals surface area contributed by atoms with E-state index in [9.17, 15) is 9.59 Å². The lowest BCUT2D eigenvalue weighted by Gasteiger charge is -2.18. The molecule has 1 saturated heterocycles. The van der Waals surface area contributed by atoms with E-state index in [1.165, 1.54) is 0 Å². The van der Waals surface area contributed by atoms with Gasteiger partial charge in [-0.15, -0.1) is 0 Å². The summed E-state index contributed by atoms with van der Waals surface area (Å²) in [5.74, 6) is 0.179. The van der Waals surface area contributed by atoms with Crippen LogP contribution < -0.4 is 16.0 Å². The van der Waals surface area contributed by atoms with Gasteiger partial charge in [-0.1, -0.05) is 30.3 Å². The van der Waals surface area contributed by atoms with Crippen LogP contribution in [0.15, 0.2) is 48.5 Å². The fourth-order valence-electron chi connectivity index (χ4n) is 3.27. The molecule has 1 aliphatic heterocycles. The van der Waals surface area contributed by atoms with Gasteiger partial charge in [-0.2, -0.15) is 0 Å². The maximum Gasteiger partial charge on any atom is 0.227 e. The Balaban J connectivity index is 1.54. The number of carbonyl (C=O) groups excluding carboxylic acids is 2. The molecule has 2 aromatic carbocycles. The summed E-state index contributed by atoms with van der Waals surface area (Å²) in [6.07, 6.45) is 2.57. The minimum Gasteiger partial charge on any atom is -0.399 e. The number of nitrogens with zero attached hydrogens (tertiary/aromatic N) is 1. The molecule has 0 aliphatic carbocycles. The number of rotatable bonds is 6. The third kappa shape index (κ3) is 4.23. The molecule has 0 saturated carbocycles. The molecule has 0 aromatic heterocycles. The van der Waals surface area contributed by atoms with Crippen LogP contribution in [0.1, 0.15) is 43.4 Å². The fourth-order valence-corrected chi connectivity index (χ4v) is 3.27. The molecule has 136 valence electrons. The van der Waals surface area contributed by atoms with Crippen LogP contribution >= 0.6 is 0 Å². The van der Waals surface area contributed by atoms with Crippen molar-refractivity contribution in [3.05, 3.63) is 59.7 Å². The zero-order chi connectivity index (χ0) is 18.5. The summed E-state index contributed by atoms with van der Waals surface area (Å²) in [5, 5.41) is 3.02. The third-order valence-corrected chi connectivity index (χ3v) is 4.83. The van der Waals surface area contributed by atoms with Crippen LogP contribution in [0.3, 0.4) is 0 Å². The predicted molar refractivity (Wildman–Crippen MR) is 104 cm³/mol. The molecule has 3 N–H and O–H groups in total. The lowest BCUT2D eigenvalue weighted by Crippen LogP contribution is -2.27. The summed E-state index contributed by atoms with van der Waals surface area (Å²) < 4.78 is 0. The second-order valence-corrected chi connectivity index (χ2v) is 6.73. The number of nitrogens with two attached hydrogens (primary N) is 1. The van der Waals surface area contributed by atoms with Crippen molar-refractivity contribution in [3.8, 4) is 0 Å². The van der Waals surface area contributed by atoms with Gasteiger partial charge in [0.1, 0.15) is 0 Å². The van der Waals surface area contributed by atoms with E-state index in [1.54, 1.807) is 0 Å². The van der Waals surface area contributed by atoms with E-state index in [0.29, 0.717) is 19.3 Å². The highest BCUT2D eigenvalue weighted by Gasteiger charge is 2.21. The largest absolute Gasteiger partial charge is 0.399 e. The first kappa shape index (κ1) is 18.0. The number of benzene rings is 2. The maximum absolute atomic E-state index is 12.2. The first-order valence-corrected chi connectivity index (χ1v) is 9.07. The minimum absolute atomic E-state index is 0.000416. The summed E-state index contributed by atoms with van der Waals surface area (Å²) in [4.78, 5) is 25.9. The van der Waals surface area contributed by atoms with Crippen molar-refractivity contribution < 1.29 is 9.59 Å². The van der Waals surface area contributed by atoms with Gasteiger partial charge in [0.05, 0.1) is 6.04 Å². The molecule has 0 bridgehead atoms. The number of aryl methyl sites for hydroxylation is 1. The highest BCUT2D eigenvalue weighted by atomic mass is 16.2. The van der Waals surface area contributed by atoms with Gasteiger partial charge in [-0.05, 0) is 49.1 Å². The van der Waals surface area contributed by atoms with Gasteiger partial charge in [0.2, 0.25) is 11.8 Å². The maximum atomic E-state index is 12.2. The zero-order valence-electron chi connectivity index (χ0n) is 15.1. The Morgan fingerprint density at radius 2 is 1.92 bits per heavy atom. The van der Waals surface area contributed by atoms with Gasteiger partial charge in [-0.3, -0.25) is 9.59 Å². The van der Waals surface area contributed by atoms with E-state index in [2.05, 4.69) is 5.32 Å². The lowest BCUT2D eigenvalue weighted by atomic mass is 10.1. The van der Waals surface area contributed by atoms with Crippen LogP contribution in [0.2, 0.25) is 0 Å². The van der Waals surface area contributed by atoms with Crippen LogP contribution in [0.5, 0.6) is 0 Å². The molecule has 1 aliphatic rings. The molecule has 5 nitrogen and oxygen atoms in total. The number of para-hydroxylation sites is 1. The Morgan fingerprint density at radius 1 is 1.19 bits per heavy atom. The highest BCUT2D eigenvalue weighted by molar-refractivity contribution is 5.95. The average Bonchev–Trinajstić information content (AvgIpc) is 3.07. The molecule has 26 heavy (non-hydrogen) atoms. The number of hydrogen-bond donors (Lipinski definition) is 2. The van der Waals surface area contributed by atoms with Gasteiger partial charge in [-0.25, -0.2) is 0 Å². The van der Waals surface area contributed by atoms with Crippen LogP contribution in [-0.4, -0.2) is 18.4 Å². The molecule has 2 amide bonds. The van der Waals surface area contributed by atoms with Crippen molar-refractivity contribution in [3.63, 3.8) is 0 Å². The molecule has 1 unspecified atom stereocenters. The topological polar surface area (TPSA) is 75.4 Å². The number of nitrogen functional groups attached to an aromatic ring is 1. The van der Waals surface area contributed by atoms with Crippen molar-refractivity contribution in [2.45, 2.75) is 38.6 Å². The first-order chi connectivity index (χ1) is 12.5. The molecule has 3 rings (SSSR count). The van der Waals surface area contributed by atoms with Crippen LogP contribution in [0, 0.1) is 0 Å². The van der Waals surface area contributed by atoms with Gasteiger partial charge < -0.3 is 16.0 Å². The SMILES string of the molecule is CC(NC(=O)CCc1ccccc1N)c1ccc(N2CCCC2=O)cc1. The summed E-state index contributed by atoms with van der Waals surface area (Å²) in [6.45, 7) is 2.75. The molecule has 5 heteroatoms. The van der Waals surface area contributed by atoms with E-state index in [1.807, 2.05) is 60.4 Å². The van der Waals surface area contributed by atoms with Crippen molar-refractivity contribution >= 4 is 23.2 Å². The van der Waals surface area contributed by atoms with Crippen molar-refractivity contribution in [2.24, 2.45) is 0 Å². The van der Waals surface area contributed by atoms with Crippen LogP contribution in [-0.2, 0) is 16.0 Å². The standard InChI is InChI=1S/C21H25N3O2/c1-15(23-20(25)13-10-17-5-2-3-6-19(17)22)16-8-11-18(12-9-16)24-14-4-7-21(24)26/h2-3,5-6,8-9,11-12,15H,4,7,10,13-14,22H2,1H3,(H,23,25). The average molecular weight is 351 g/mol. The van der Waals surface area contributed by atoms with Gasteiger partial charge in [0.25, 0.3) is 0 Å². The van der Waals surface area contributed by atoms with Crippen LogP contribution in [0.4, 0.5) is 11.4 Å². The molecule has 1 atom stereocenters. The summed E-state index contributed by atoms with van der Waals surface area (Å²) >= 11 is 0. The number of nitrogens with one attached hydrogen (secondary N) is 1. The predicted octanol–water partition coefficient (Wildman–Crippen LogP) is 3.21. The summed E-state index contributed by atoms with van der Waals surface area (Å²) in [6, 6.07) is 15.4. The van der Waals surface area contributed by atoms with E-state index in [0.717, 1.165) is 35.5 Å².